The van der Waals surface area contributed by atoms with Crippen LogP contribution in [0.25, 0.3) is 5.69 Å². The summed E-state index contributed by atoms with van der Waals surface area (Å²) in [5.74, 6) is -0.0600. The van der Waals surface area contributed by atoms with Crippen LogP contribution in [0.1, 0.15) is 27.5 Å². The molecule has 150 valence electrons. The minimum Gasteiger partial charge on any atom is -0.370 e. The van der Waals surface area contributed by atoms with Crippen molar-refractivity contribution < 1.29 is 14.4 Å². The predicted molar refractivity (Wildman–Crippen MR) is 111 cm³/mol. The minimum atomic E-state index is -0.0600. The standard InChI is InChI=1S/C23H26N4O2/c1-18-3-5-19(6-4-18)22(17-26-13-15-29-16-14-26)25-23(28)20-7-9-21(10-8-20)27-12-2-11-24-27/h2-12,22H,13-17H2,1H3,(H,25,28)/p+1/t22-/m0/s1. The highest BCUT2D eigenvalue weighted by Gasteiger charge is 2.23. The maximum atomic E-state index is 13.0. The molecule has 6 heteroatoms. The van der Waals surface area contributed by atoms with Crippen molar-refractivity contribution in [1.29, 1.82) is 0 Å². The first kappa shape index (κ1) is 19.4. The highest BCUT2D eigenvalue weighted by Crippen LogP contribution is 2.15. The number of hydrogen-bond donors (Lipinski definition) is 2. The Morgan fingerprint density at radius 3 is 2.52 bits per heavy atom. The molecule has 2 N–H and O–H groups in total. The van der Waals surface area contributed by atoms with E-state index in [0.717, 1.165) is 44.1 Å². The van der Waals surface area contributed by atoms with Gasteiger partial charge in [-0.1, -0.05) is 29.8 Å². The molecule has 0 radical (unpaired) electrons. The fourth-order valence-electron chi connectivity index (χ4n) is 3.63. The number of hydrogen-bond acceptors (Lipinski definition) is 3. The third kappa shape index (κ3) is 4.91. The van der Waals surface area contributed by atoms with E-state index in [1.807, 2.05) is 36.5 Å². The van der Waals surface area contributed by atoms with E-state index in [0.29, 0.717) is 5.56 Å². The molecule has 1 atom stereocenters. The van der Waals surface area contributed by atoms with Crippen molar-refractivity contribution in [3.05, 3.63) is 83.7 Å². The Bertz CT molecular complexity index is 915. The van der Waals surface area contributed by atoms with Gasteiger partial charge >= 0.3 is 0 Å². The average Bonchev–Trinajstić information content (AvgIpc) is 3.30. The summed E-state index contributed by atoms with van der Waals surface area (Å²) in [7, 11) is 0. The summed E-state index contributed by atoms with van der Waals surface area (Å²) in [5, 5.41) is 7.47. The lowest BCUT2D eigenvalue weighted by atomic mass is 10.0. The number of benzene rings is 2. The highest BCUT2D eigenvalue weighted by molar-refractivity contribution is 5.94. The largest absolute Gasteiger partial charge is 0.370 e. The van der Waals surface area contributed by atoms with E-state index < -0.39 is 0 Å². The summed E-state index contributed by atoms with van der Waals surface area (Å²) in [6, 6.07) is 17.8. The molecule has 1 fully saturated rings. The van der Waals surface area contributed by atoms with Gasteiger partial charge in [-0.2, -0.15) is 5.10 Å². The second-order valence-corrected chi connectivity index (χ2v) is 7.50. The summed E-state index contributed by atoms with van der Waals surface area (Å²) in [5.41, 5.74) is 3.93. The smallest absolute Gasteiger partial charge is 0.251 e. The maximum absolute atomic E-state index is 13.0. The number of aryl methyl sites for hydroxylation is 1. The average molecular weight is 391 g/mol. The molecule has 0 aliphatic carbocycles. The summed E-state index contributed by atoms with van der Waals surface area (Å²) in [4.78, 5) is 14.4. The van der Waals surface area contributed by atoms with Crippen LogP contribution in [0.15, 0.2) is 67.0 Å². The lowest BCUT2D eigenvalue weighted by Gasteiger charge is -2.28. The number of quaternary nitrogens is 1. The zero-order chi connectivity index (χ0) is 20.1. The minimum absolute atomic E-state index is 0.0398. The van der Waals surface area contributed by atoms with E-state index in [1.54, 1.807) is 10.9 Å². The van der Waals surface area contributed by atoms with Crippen LogP contribution in [0.2, 0.25) is 0 Å². The molecule has 1 aliphatic rings. The van der Waals surface area contributed by atoms with Crippen LogP contribution in [0.5, 0.6) is 0 Å². The van der Waals surface area contributed by atoms with E-state index >= 15 is 0 Å². The van der Waals surface area contributed by atoms with Crippen molar-refractivity contribution in [3.63, 3.8) is 0 Å². The van der Waals surface area contributed by atoms with Gasteiger partial charge in [0.2, 0.25) is 0 Å². The van der Waals surface area contributed by atoms with Crippen molar-refractivity contribution in [2.75, 3.05) is 32.8 Å². The predicted octanol–water partition coefficient (Wildman–Crippen LogP) is 1.57. The molecule has 1 saturated heterocycles. The van der Waals surface area contributed by atoms with Gasteiger partial charge in [0.25, 0.3) is 5.91 Å². The van der Waals surface area contributed by atoms with Gasteiger partial charge in [-0.05, 0) is 42.8 Å². The number of carbonyl (C=O) groups is 1. The third-order valence-electron chi connectivity index (χ3n) is 5.38. The fraction of sp³-hybridized carbons (Fsp3) is 0.304. The first-order valence-electron chi connectivity index (χ1n) is 10.1. The number of carbonyl (C=O) groups excluding carboxylic acids is 1. The zero-order valence-corrected chi connectivity index (χ0v) is 16.7. The topological polar surface area (TPSA) is 60.6 Å². The van der Waals surface area contributed by atoms with Gasteiger partial charge in [0.05, 0.1) is 18.9 Å². The molecular weight excluding hydrogens is 364 g/mol. The van der Waals surface area contributed by atoms with Gasteiger partial charge in [0.15, 0.2) is 0 Å². The summed E-state index contributed by atoms with van der Waals surface area (Å²) >= 11 is 0. The molecule has 2 heterocycles. The monoisotopic (exact) mass is 391 g/mol. The Labute approximate surface area is 171 Å². The molecule has 1 aliphatic heterocycles. The van der Waals surface area contributed by atoms with Crippen LogP contribution in [0, 0.1) is 6.92 Å². The number of ether oxygens (including phenoxy) is 1. The highest BCUT2D eigenvalue weighted by atomic mass is 16.5. The second kappa shape index (κ2) is 9.03. The van der Waals surface area contributed by atoms with Crippen molar-refractivity contribution in [1.82, 2.24) is 15.1 Å². The van der Waals surface area contributed by atoms with Gasteiger partial charge in [0.1, 0.15) is 25.7 Å². The maximum Gasteiger partial charge on any atom is 0.251 e. The molecule has 2 aromatic carbocycles. The normalized spacial score (nSPS) is 15.8. The van der Waals surface area contributed by atoms with Gasteiger partial charge < -0.3 is 15.0 Å². The molecule has 0 unspecified atom stereocenters. The molecule has 1 amide bonds. The van der Waals surface area contributed by atoms with Crippen molar-refractivity contribution >= 4 is 5.91 Å². The summed E-state index contributed by atoms with van der Waals surface area (Å²) < 4.78 is 7.26. The van der Waals surface area contributed by atoms with Gasteiger partial charge in [0, 0.05) is 18.0 Å². The SMILES string of the molecule is Cc1ccc([C@H](C[NH+]2CCOCC2)NC(=O)c2ccc(-n3cccn3)cc2)cc1. The van der Waals surface area contributed by atoms with Crippen molar-refractivity contribution in [2.45, 2.75) is 13.0 Å². The lowest BCUT2D eigenvalue weighted by molar-refractivity contribution is -0.909. The number of morpholine rings is 1. The van der Waals surface area contributed by atoms with E-state index in [2.05, 4.69) is 41.6 Å². The number of rotatable bonds is 6. The third-order valence-corrected chi connectivity index (χ3v) is 5.38. The Kier molecular flexibility index (Phi) is 6.03. The van der Waals surface area contributed by atoms with Gasteiger partial charge in [-0.15, -0.1) is 0 Å². The Hall–Kier alpha value is -2.96. The zero-order valence-electron chi connectivity index (χ0n) is 16.7. The van der Waals surface area contributed by atoms with E-state index in [-0.39, 0.29) is 11.9 Å². The van der Waals surface area contributed by atoms with Gasteiger partial charge in [-0.3, -0.25) is 4.79 Å². The Balaban J connectivity index is 1.49. The van der Waals surface area contributed by atoms with Gasteiger partial charge in [-0.25, -0.2) is 4.68 Å². The number of nitrogens with zero attached hydrogens (tertiary/aromatic N) is 2. The summed E-state index contributed by atoms with van der Waals surface area (Å²) in [6.07, 6.45) is 3.62. The van der Waals surface area contributed by atoms with Crippen molar-refractivity contribution in [2.24, 2.45) is 0 Å². The van der Waals surface area contributed by atoms with E-state index in [9.17, 15) is 4.79 Å². The molecule has 4 rings (SSSR count). The van der Waals surface area contributed by atoms with E-state index in [4.69, 9.17) is 4.74 Å². The second-order valence-electron chi connectivity index (χ2n) is 7.50. The van der Waals surface area contributed by atoms with Crippen LogP contribution in [-0.4, -0.2) is 48.5 Å². The van der Waals surface area contributed by atoms with Crippen LogP contribution >= 0.6 is 0 Å². The molecular formula is C23H27N4O2+. The number of nitrogens with one attached hydrogen (secondary N) is 2. The first-order chi connectivity index (χ1) is 14.2. The molecule has 29 heavy (non-hydrogen) atoms. The Morgan fingerprint density at radius 2 is 1.86 bits per heavy atom. The number of amides is 1. The van der Waals surface area contributed by atoms with Crippen LogP contribution in [0.3, 0.4) is 0 Å². The first-order valence-corrected chi connectivity index (χ1v) is 10.1. The Morgan fingerprint density at radius 1 is 1.14 bits per heavy atom. The molecule has 0 bridgehead atoms. The molecule has 0 spiro atoms. The number of aromatic nitrogens is 2. The molecule has 3 aromatic rings. The van der Waals surface area contributed by atoms with Crippen molar-refractivity contribution in [3.8, 4) is 5.69 Å². The lowest BCUT2D eigenvalue weighted by Crippen LogP contribution is -3.14. The van der Waals surface area contributed by atoms with Crippen LogP contribution < -0.4 is 10.2 Å². The van der Waals surface area contributed by atoms with Crippen LogP contribution in [0.4, 0.5) is 0 Å². The van der Waals surface area contributed by atoms with E-state index in [1.165, 1.54) is 10.5 Å². The molecule has 0 saturated carbocycles. The van der Waals surface area contributed by atoms with Crippen LogP contribution in [-0.2, 0) is 4.74 Å². The fourth-order valence-corrected chi connectivity index (χ4v) is 3.63. The summed E-state index contributed by atoms with van der Waals surface area (Å²) in [6.45, 7) is 6.42. The molecule has 6 nitrogen and oxygen atoms in total. The molecule has 1 aromatic heterocycles. The quantitative estimate of drug-likeness (QED) is 0.671.